The molecule has 2 aromatic carbocycles. The predicted molar refractivity (Wildman–Crippen MR) is 80.4 cm³/mol. The number of carbonyl (C=O) groups excluding carboxylic acids is 1. The molecule has 6 heteroatoms. The molecule has 104 valence electrons. The lowest BCUT2D eigenvalue weighted by Crippen LogP contribution is -2.14. The molecular formula is C14H11Cl2FN2O. The minimum atomic E-state index is -0.561. The number of para-hydroxylation sites is 1. The molecule has 0 aromatic heterocycles. The Labute approximate surface area is 125 Å². The normalized spacial score (nSPS) is 10.2. The Hall–Kier alpha value is -1.78. The third kappa shape index (κ3) is 3.03. The molecule has 0 unspecified atom stereocenters. The first-order valence-electron chi connectivity index (χ1n) is 5.75. The number of halogens is 3. The van der Waals surface area contributed by atoms with Crippen LogP contribution in [0.25, 0.3) is 0 Å². The van der Waals surface area contributed by atoms with E-state index in [0.717, 1.165) is 12.1 Å². The van der Waals surface area contributed by atoms with E-state index >= 15 is 0 Å². The fourth-order valence-corrected chi connectivity index (χ4v) is 2.30. The molecule has 0 atom stereocenters. The Morgan fingerprint density at radius 1 is 1.15 bits per heavy atom. The van der Waals surface area contributed by atoms with Crippen LogP contribution in [0.3, 0.4) is 0 Å². The summed E-state index contributed by atoms with van der Waals surface area (Å²) >= 11 is 11.8. The van der Waals surface area contributed by atoms with Crippen molar-refractivity contribution in [2.24, 2.45) is 0 Å². The van der Waals surface area contributed by atoms with E-state index < -0.39 is 5.82 Å². The largest absolute Gasteiger partial charge is 0.387 e. The molecule has 1 amide bonds. The summed E-state index contributed by atoms with van der Waals surface area (Å²) in [5, 5.41) is 5.59. The van der Waals surface area contributed by atoms with Crippen molar-refractivity contribution in [1.29, 1.82) is 0 Å². The monoisotopic (exact) mass is 312 g/mol. The Morgan fingerprint density at radius 3 is 2.35 bits per heavy atom. The lowest BCUT2D eigenvalue weighted by atomic mass is 10.1. The molecule has 0 aliphatic rings. The van der Waals surface area contributed by atoms with Gasteiger partial charge in [-0.15, -0.1) is 0 Å². The summed E-state index contributed by atoms with van der Waals surface area (Å²) in [6.45, 7) is 0. The van der Waals surface area contributed by atoms with Gasteiger partial charge in [0.1, 0.15) is 5.82 Å². The predicted octanol–water partition coefficient (Wildman–Crippen LogP) is 4.43. The SMILES string of the molecule is CNc1ccccc1C(=O)Nc1c(Cl)cc(F)cc1Cl. The van der Waals surface area contributed by atoms with Crippen LogP contribution in [0.1, 0.15) is 10.4 Å². The van der Waals surface area contributed by atoms with Crippen molar-refractivity contribution in [1.82, 2.24) is 0 Å². The molecule has 2 N–H and O–H groups in total. The third-order valence-electron chi connectivity index (χ3n) is 2.69. The molecule has 0 saturated heterocycles. The number of carbonyl (C=O) groups is 1. The highest BCUT2D eigenvalue weighted by Gasteiger charge is 2.15. The first kappa shape index (κ1) is 14.6. The van der Waals surface area contributed by atoms with Gasteiger partial charge in [0.15, 0.2) is 0 Å². The number of hydrogen-bond donors (Lipinski definition) is 2. The maximum absolute atomic E-state index is 13.1. The van der Waals surface area contributed by atoms with Crippen molar-refractivity contribution in [3.8, 4) is 0 Å². The minimum absolute atomic E-state index is 0.0466. The van der Waals surface area contributed by atoms with Gasteiger partial charge in [-0.2, -0.15) is 0 Å². The van der Waals surface area contributed by atoms with Gasteiger partial charge < -0.3 is 10.6 Å². The molecule has 20 heavy (non-hydrogen) atoms. The topological polar surface area (TPSA) is 41.1 Å². The van der Waals surface area contributed by atoms with E-state index in [2.05, 4.69) is 10.6 Å². The summed E-state index contributed by atoms with van der Waals surface area (Å²) in [5.74, 6) is -0.945. The fraction of sp³-hybridized carbons (Fsp3) is 0.0714. The third-order valence-corrected chi connectivity index (χ3v) is 3.28. The van der Waals surface area contributed by atoms with Crippen LogP contribution in [-0.2, 0) is 0 Å². The van der Waals surface area contributed by atoms with Gasteiger partial charge in [0.05, 0.1) is 21.3 Å². The van der Waals surface area contributed by atoms with Gasteiger partial charge in [0.2, 0.25) is 0 Å². The number of amides is 1. The molecule has 0 spiro atoms. The zero-order valence-electron chi connectivity index (χ0n) is 10.5. The van der Waals surface area contributed by atoms with Gasteiger partial charge in [0, 0.05) is 12.7 Å². The van der Waals surface area contributed by atoms with E-state index in [1.54, 1.807) is 31.3 Å². The second kappa shape index (κ2) is 6.11. The summed E-state index contributed by atoms with van der Waals surface area (Å²) in [6.07, 6.45) is 0. The number of nitrogens with one attached hydrogen (secondary N) is 2. The summed E-state index contributed by atoms with van der Waals surface area (Å²) in [5.41, 5.74) is 1.29. The van der Waals surface area contributed by atoms with Crippen molar-refractivity contribution in [2.45, 2.75) is 0 Å². The summed E-state index contributed by atoms with van der Waals surface area (Å²) in [4.78, 5) is 12.2. The molecular weight excluding hydrogens is 302 g/mol. The van der Waals surface area contributed by atoms with Crippen LogP contribution in [0, 0.1) is 5.82 Å². The molecule has 0 fully saturated rings. The van der Waals surface area contributed by atoms with E-state index in [0.29, 0.717) is 11.3 Å². The zero-order chi connectivity index (χ0) is 14.7. The Balaban J connectivity index is 2.33. The standard InChI is InChI=1S/C14H11Cl2FN2O/c1-18-12-5-3-2-4-9(12)14(20)19-13-10(15)6-8(17)7-11(13)16/h2-7,18H,1H3,(H,19,20). The second-order valence-electron chi connectivity index (χ2n) is 3.99. The summed E-state index contributed by atoms with van der Waals surface area (Å²) in [7, 11) is 1.71. The maximum Gasteiger partial charge on any atom is 0.257 e. The molecule has 2 aromatic rings. The van der Waals surface area contributed by atoms with Gasteiger partial charge >= 0.3 is 0 Å². The molecule has 0 bridgehead atoms. The van der Waals surface area contributed by atoms with E-state index in [1.807, 2.05) is 0 Å². The Kier molecular flexibility index (Phi) is 4.47. The van der Waals surface area contributed by atoms with E-state index in [1.165, 1.54) is 0 Å². The van der Waals surface area contributed by atoms with Gasteiger partial charge in [-0.25, -0.2) is 4.39 Å². The van der Waals surface area contributed by atoms with Crippen LogP contribution in [0.2, 0.25) is 10.0 Å². The van der Waals surface area contributed by atoms with Gasteiger partial charge in [-0.3, -0.25) is 4.79 Å². The van der Waals surface area contributed by atoms with Crippen molar-refractivity contribution < 1.29 is 9.18 Å². The van der Waals surface area contributed by atoms with Crippen LogP contribution < -0.4 is 10.6 Å². The van der Waals surface area contributed by atoms with Crippen LogP contribution in [0.4, 0.5) is 15.8 Å². The lowest BCUT2D eigenvalue weighted by molar-refractivity contribution is 0.102. The highest BCUT2D eigenvalue weighted by Crippen LogP contribution is 2.32. The molecule has 2 rings (SSSR count). The van der Waals surface area contributed by atoms with Crippen molar-refractivity contribution in [3.63, 3.8) is 0 Å². The second-order valence-corrected chi connectivity index (χ2v) is 4.81. The average Bonchev–Trinajstić information content (AvgIpc) is 2.42. The first-order chi connectivity index (χ1) is 9.52. The zero-order valence-corrected chi connectivity index (χ0v) is 12.0. The number of hydrogen-bond acceptors (Lipinski definition) is 2. The first-order valence-corrected chi connectivity index (χ1v) is 6.51. The summed E-state index contributed by atoms with van der Waals surface area (Å²) in [6, 6.07) is 9.15. The molecule has 0 heterocycles. The van der Waals surface area contributed by atoms with Gasteiger partial charge in [0.25, 0.3) is 5.91 Å². The molecule has 3 nitrogen and oxygen atoms in total. The maximum atomic E-state index is 13.1. The fourth-order valence-electron chi connectivity index (χ4n) is 1.74. The Morgan fingerprint density at radius 2 is 1.75 bits per heavy atom. The van der Waals surface area contributed by atoms with Gasteiger partial charge in [-0.05, 0) is 24.3 Å². The smallest absolute Gasteiger partial charge is 0.257 e. The van der Waals surface area contributed by atoms with Crippen molar-refractivity contribution in [2.75, 3.05) is 17.7 Å². The number of benzene rings is 2. The highest BCUT2D eigenvalue weighted by atomic mass is 35.5. The number of rotatable bonds is 3. The van der Waals surface area contributed by atoms with Crippen LogP contribution in [-0.4, -0.2) is 13.0 Å². The molecule has 0 aliphatic carbocycles. The highest BCUT2D eigenvalue weighted by molar-refractivity contribution is 6.40. The lowest BCUT2D eigenvalue weighted by Gasteiger charge is -2.12. The average molecular weight is 313 g/mol. The number of anilines is 2. The minimum Gasteiger partial charge on any atom is -0.387 e. The molecule has 0 radical (unpaired) electrons. The molecule has 0 saturated carbocycles. The van der Waals surface area contributed by atoms with E-state index in [-0.39, 0.29) is 21.6 Å². The van der Waals surface area contributed by atoms with E-state index in [9.17, 15) is 9.18 Å². The van der Waals surface area contributed by atoms with Gasteiger partial charge in [-0.1, -0.05) is 35.3 Å². The van der Waals surface area contributed by atoms with Crippen LogP contribution in [0.15, 0.2) is 36.4 Å². The summed E-state index contributed by atoms with van der Waals surface area (Å²) < 4.78 is 13.1. The van der Waals surface area contributed by atoms with Crippen LogP contribution >= 0.6 is 23.2 Å². The van der Waals surface area contributed by atoms with Crippen molar-refractivity contribution >= 4 is 40.5 Å². The Bertz CT molecular complexity index is 638. The van der Waals surface area contributed by atoms with Crippen LogP contribution in [0.5, 0.6) is 0 Å². The molecule has 0 aliphatic heterocycles. The quantitative estimate of drug-likeness (QED) is 0.880. The van der Waals surface area contributed by atoms with Crippen molar-refractivity contribution in [3.05, 3.63) is 57.8 Å². The van der Waals surface area contributed by atoms with E-state index in [4.69, 9.17) is 23.2 Å².